The second kappa shape index (κ2) is 4.43. The molecule has 1 aromatic rings. The van der Waals surface area contributed by atoms with Gasteiger partial charge in [-0.1, -0.05) is 5.92 Å². The summed E-state index contributed by atoms with van der Waals surface area (Å²) in [4.78, 5) is 7.83. The van der Waals surface area contributed by atoms with Gasteiger partial charge in [-0.15, -0.1) is 0 Å². The van der Waals surface area contributed by atoms with Crippen molar-refractivity contribution < 1.29 is 9.84 Å². The highest BCUT2D eigenvalue weighted by atomic mass is 16.5. The van der Waals surface area contributed by atoms with Crippen LogP contribution in [0.25, 0.3) is 0 Å². The lowest BCUT2D eigenvalue weighted by atomic mass is 10.4. The smallest absolute Gasteiger partial charge is 0.217 e. The number of rotatable bonds is 1. The number of nitrogens with zero attached hydrogens (tertiary/aromatic N) is 2. The first-order chi connectivity index (χ1) is 6.22. The van der Waals surface area contributed by atoms with Gasteiger partial charge in [0.1, 0.15) is 6.10 Å². The van der Waals surface area contributed by atoms with Crippen molar-refractivity contribution in [1.82, 2.24) is 9.97 Å². The Kier molecular flexibility index (Phi) is 3.23. The molecule has 0 saturated carbocycles. The monoisotopic (exact) mass is 178 g/mol. The van der Waals surface area contributed by atoms with Crippen LogP contribution in [0, 0.1) is 11.8 Å². The van der Waals surface area contributed by atoms with Crippen molar-refractivity contribution in [3.63, 3.8) is 0 Å². The number of aromatic nitrogens is 2. The molecule has 13 heavy (non-hydrogen) atoms. The van der Waals surface area contributed by atoms with E-state index in [4.69, 9.17) is 9.84 Å². The molecule has 0 aromatic carbocycles. The second-order valence-corrected chi connectivity index (χ2v) is 2.37. The van der Waals surface area contributed by atoms with Crippen molar-refractivity contribution in [2.45, 2.75) is 13.0 Å². The minimum absolute atomic E-state index is 0.347. The molecule has 0 radical (unpaired) electrons. The SMILES string of the molecule is COc1ccnc(C#CC(C)O)n1. The third-order valence-corrected chi connectivity index (χ3v) is 1.23. The van der Waals surface area contributed by atoms with E-state index in [2.05, 4.69) is 21.8 Å². The van der Waals surface area contributed by atoms with Crippen LogP contribution in [0.5, 0.6) is 5.88 Å². The maximum Gasteiger partial charge on any atom is 0.217 e. The lowest BCUT2D eigenvalue weighted by molar-refractivity contribution is 0.253. The van der Waals surface area contributed by atoms with E-state index < -0.39 is 6.10 Å². The molecule has 0 aliphatic rings. The molecule has 0 bridgehead atoms. The summed E-state index contributed by atoms with van der Waals surface area (Å²) < 4.78 is 4.88. The van der Waals surface area contributed by atoms with E-state index in [1.54, 1.807) is 19.2 Å². The highest BCUT2D eigenvalue weighted by Crippen LogP contribution is 2.02. The van der Waals surface area contributed by atoms with E-state index in [1.807, 2.05) is 0 Å². The quantitative estimate of drug-likeness (QED) is 0.625. The Hall–Kier alpha value is -1.60. The third kappa shape index (κ3) is 3.09. The first kappa shape index (κ1) is 9.49. The Balaban J connectivity index is 2.85. The van der Waals surface area contributed by atoms with Gasteiger partial charge < -0.3 is 9.84 Å². The van der Waals surface area contributed by atoms with Crippen LogP contribution in [0.2, 0.25) is 0 Å². The molecule has 0 fully saturated rings. The second-order valence-electron chi connectivity index (χ2n) is 2.37. The molecule has 1 unspecified atom stereocenters. The first-order valence-electron chi connectivity index (χ1n) is 3.79. The minimum atomic E-state index is -0.671. The fourth-order valence-electron chi connectivity index (χ4n) is 0.685. The van der Waals surface area contributed by atoms with Gasteiger partial charge in [0.05, 0.1) is 7.11 Å². The standard InChI is InChI=1S/C9H10N2O2/c1-7(12)3-4-8-10-6-5-9(11-8)13-2/h5-7,12H,1-2H3. The van der Waals surface area contributed by atoms with E-state index >= 15 is 0 Å². The zero-order valence-corrected chi connectivity index (χ0v) is 7.48. The van der Waals surface area contributed by atoms with E-state index in [9.17, 15) is 0 Å². The summed E-state index contributed by atoms with van der Waals surface area (Å²) in [5.74, 6) is 5.96. The normalized spacial score (nSPS) is 11.3. The number of aliphatic hydroxyl groups is 1. The molecule has 0 aliphatic carbocycles. The molecule has 0 saturated heterocycles. The summed E-state index contributed by atoms with van der Waals surface area (Å²) >= 11 is 0. The minimum Gasteiger partial charge on any atom is -0.481 e. The molecular weight excluding hydrogens is 168 g/mol. The zero-order valence-electron chi connectivity index (χ0n) is 7.48. The molecule has 68 valence electrons. The topological polar surface area (TPSA) is 55.2 Å². The van der Waals surface area contributed by atoms with Crippen molar-refractivity contribution in [3.8, 4) is 17.7 Å². The molecular formula is C9H10N2O2. The Morgan fingerprint density at radius 2 is 2.38 bits per heavy atom. The van der Waals surface area contributed by atoms with Gasteiger partial charge in [-0.3, -0.25) is 0 Å². The van der Waals surface area contributed by atoms with Crippen molar-refractivity contribution >= 4 is 0 Å². The van der Waals surface area contributed by atoms with Gasteiger partial charge in [0.2, 0.25) is 11.7 Å². The molecule has 1 heterocycles. The van der Waals surface area contributed by atoms with Crippen LogP contribution < -0.4 is 4.74 Å². The Morgan fingerprint density at radius 1 is 1.62 bits per heavy atom. The largest absolute Gasteiger partial charge is 0.481 e. The molecule has 1 atom stereocenters. The van der Waals surface area contributed by atoms with Crippen LogP contribution in [0.4, 0.5) is 0 Å². The fourth-order valence-corrected chi connectivity index (χ4v) is 0.685. The number of hydrogen-bond acceptors (Lipinski definition) is 4. The van der Waals surface area contributed by atoms with E-state index in [-0.39, 0.29) is 0 Å². The van der Waals surface area contributed by atoms with Gasteiger partial charge in [-0.05, 0) is 12.8 Å². The van der Waals surface area contributed by atoms with Gasteiger partial charge >= 0.3 is 0 Å². The van der Waals surface area contributed by atoms with Gasteiger partial charge in [-0.25, -0.2) is 4.98 Å². The summed E-state index contributed by atoms with van der Waals surface area (Å²) in [5, 5.41) is 8.88. The molecule has 1 rings (SSSR count). The highest BCUT2D eigenvalue weighted by Gasteiger charge is 1.94. The van der Waals surface area contributed by atoms with Gasteiger partial charge in [0.25, 0.3) is 0 Å². The molecule has 1 aromatic heterocycles. The zero-order chi connectivity index (χ0) is 9.68. The molecule has 1 N–H and O–H groups in total. The average Bonchev–Trinajstić information content (AvgIpc) is 2.15. The molecule has 4 nitrogen and oxygen atoms in total. The summed E-state index contributed by atoms with van der Waals surface area (Å²) in [5.41, 5.74) is 0. The molecule has 0 amide bonds. The van der Waals surface area contributed by atoms with Gasteiger partial charge in [-0.2, -0.15) is 4.98 Å². The summed E-state index contributed by atoms with van der Waals surface area (Å²) in [6.07, 6.45) is 0.882. The van der Waals surface area contributed by atoms with Crippen molar-refractivity contribution in [2.75, 3.05) is 7.11 Å². The Labute approximate surface area is 76.6 Å². The maximum absolute atomic E-state index is 8.88. The van der Waals surface area contributed by atoms with Gasteiger partial charge in [0, 0.05) is 12.3 Å². The van der Waals surface area contributed by atoms with Crippen molar-refractivity contribution in [1.29, 1.82) is 0 Å². The van der Waals surface area contributed by atoms with E-state index in [0.717, 1.165) is 0 Å². The molecule has 0 spiro atoms. The number of ether oxygens (including phenoxy) is 1. The van der Waals surface area contributed by atoms with Gasteiger partial charge in [0.15, 0.2) is 0 Å². The Bertz CT molecular complexity index is 339. The lowest BCUT2D eigenvalue weighted by Crippen LogP contribution is -1.96. The number of methoxy groups -OCH3 is 1. The van der Waals surface area contributed by atoms with E-state index in [1.165, 1.54) is 7.11 Å². The predicted molar refractivity (Wildman–Crippen MR) is 47.1 cm³/mol. The van der Waals surface area contributed by atoms with Crippen LogP contribution in [0.15, 0.2) is 12.3 Å². The number of aliphatic hydroxyl groups excluding tert-OH is 1. The van der Waals surface area contributed by atoms with Crippen LogP contribution in [0.3, 0.4) is 0 Å². The summed E-state index contributed by atoms with van der Waals surface area (Å²) in [7, 11) is 1.52. The van der Waals surface area contributed by atoms with Crippen molar-refractivity contribution in [2.24, 2.45) is 0 Å². The average molecular weight is 178 g/mol. The maximum atomic E-state index is 8.88. The van der Waals surface area contributed by atoms with Crippen LogP contribution >= 0.6 is 0 Å². The predicted octanol–water partition coefficient (Wildman–Crippen LogP) is 0.217. The summed E-state index contributed by atoms with van der Waals surface area (Å²) in [6.45, 7) is 1.58. The Morgan fingerprint density at radius 3 is 3.00 bits per heavy atom. The molecule has 4 heteroatoms. The first-order valence-corrected chi connectivity index (χ1v) is 3.79. The number of hydrogen-bond donors (Lipinski definition) is 1. The van der Waals surface area contributed by atoms with Crippen LogP contribution in [-0.2, 0) is 0 Å². The van der Waals surface area contributed by atoms with Crippen molar-refractivity contribution in [3.05, 3.63) is 18.1 Å². The third-order valence-electron chi connectivity index (χ3n) is 1.23. The molecule has 0 aliphatic heterocycles. The van der Waals surface area contributed by atoms with E-state index in [0.29, 0.717) is 11.7 Å². The van der Waals surface area contributed by atoms with Crippen LogP contribution in [-0.4, -0.2) is 28.3 Å². The van der Waals surface area contributed by atoms with Crippen LogP contribution in [0.1, 0.15) is 12.7 Å². The lowest BCUT2D eigenvalue weighted by Gasteiger charge is -1.96. The summed E-state index contributed by atoms with van der Waals surface area (Å²) in [6, 6.07) is 1.63. The highest BCUT2D eigenvalue weighted by molar-refractivity contribution is 5.24. The fraction of sp³-hybridized carbons (Fsp3) is 0.333.